The van der Waals surface area contributed by atoms with E-state index >= 15 is 0 Å². The van der Waals surface area contributed by atoms with Crippen molar-refractivity contribution >= 4 is 11.6 Å². The molecule has 1 aromatic carbocycles. The minimum Gasteiger partial charge on any atom is -0.483 e. The van der Waals surface area contributed by atoms with Crippen LogP contribution in [0.25, 0.3) is 0 Å². The highest BCUT2D eigenvalue weighted by Crippen LogP contribution is 2.20. The van der Waals surface area contributed by atoms with Crippen molar-refractivity contribution in [3.8, 4) is 5.75 Å². The van der Waals surface area contributed by atoms with E-state index in [1.165, 1.54) is 12.8 Å². The van der Waals surface area contributed by atoms with Gasteiger partial charge in [0.15, 0.2) is 6.61 Å². The molecule has 1 N–H and O–H groups in total. The second-order valence-corrected chi connectivity index (χ2v) is 5.34. The number of aryl methyl sites for hydroxylation is 1. The van der Waals surface area contributed by atoms with Crippen molar-refractivity contribution < 1.29 is 9.53 Å². The molecule has 0 aliphatic heterocycles. The molecule has 1 aliphatic carbocycles. The quantitative estimate of drug-likeness (QED) is 0.858. The third-order valence-electron chi connectivity index (χ3n) is 3.67. The van der Waals surface area contributed by atoms with Crippen molar-refractivity contribution in [1.29, 1.82) is 0 Å². The highest BCUT2D eigenvalue weighted by molar-refractivity contribution is 5.88. The lowest BCUT2D eigenvalue weighted by molar-refractivity contribution is -0.123. The molecule has 108 valence electrons. The number of nitrogens with one attached hydrogen (secondary N) is 1. The highest BCUT2D eigenvalue weighted by Gasteiger charge is 2.16. The Kier molecular flexibility index (Phi) is 5.16. The van der Waals surface area contributed by atoms with Gasteiger partial charge in [-0.2, -0.15) is 5.10 Å². The second kappa shape index (κ2) is 7.08. The first-order valence-electron chi connectivity index (χ1n) is 7.20. The van der Waals surface area contributed by atoms with Gasteiger partial charge in [-0.25, -0.2) is 5.43 Å². The highest BCUT2D eigenvalue weighted by atomic mass is 16.5. The maximum atomic E-state index is 11.7. The summed E-state index contributed by atoms with van der Waals surface area (Å²) in [4.78, 5) is 11.7. The Hall–Kier alpha value is -1.84. The Balaban J connectivity index is 1.81. The zero-order valence-corrected chi connectivity index (χ0v) is 12.2. The van der Waals surface area contributed by atoms with E-state index in [1.807, 2.05) is 31.2 Å². The first kappa shape index (κ1) is 14.6. The van der Waals surface area contributed by atoms with E-state index in [-0.39, 0.29) is 12.5 Å². The molecule has 1 aliphatic rings. The van der Waals surface area contributed by atoms with E-state index in [4.69, 9.17) is 4.74 Å². The van der Waals surface area contributed by atoms with Gasteiger partial charge in [-0.05, 0) is 43.7 Å². The second-order valence-electron chi connectivity index (χ2n) is 5.34. The van der Waals surface area contributed by atoms with Crippen LogP contribution in [-0.4, -0.2) is 18.2 Å². The number of hydrazone groups is 1. The smallest absolute Gasteiger partial charge is 0.277 e. The van der Waals surface area contributed by atoms with Crippen LogP contribution in [0, 0.1) is 12.8 Å². The van der Waals surface area contributed by atoms with E-state index in [0.717, 1.165) is 29.9 Å². The standard InChI is InChI=1S/C16H22N2O2/c1-12-7-3-5-9-14(12)17-18-16(19)11-20-15-10-6-4-8-13(15)2/h4,6,8,10,12H,3,5,7,9,11H2,1-2H3,(H,18,19). The van der Waals surface area contributed by atoms with E-state index in [0.29, 0.717) is 5.92 Å². The van der Waals surface area contributed by atoms with Crippen LogP contribution in [0.2, 0.25) is 0 Å². The van der Waals surface area contributed by atoms with Crippen LogP contribution >= 0.6 is 0 Å². The minimum absolute atomic E-state index is 0.00395. The van der Waals surface area contributed by atoms with Crippen molar-refractivity contribution in [2.45, 2.75) is 39.5 Å². The van der Waals surface area contributed by atoms with Crippen LogP contribution in [0.15, 0.2) is 29.4 Å². The molecule has 0 saturated heterocycles. The van der Waals surface area contributed by atoms with Crippen LogP contribution in [0.1, 0.15) is 38.2 Å². The number of carbonyl (C=O) groups is 1. The molecule has 2 rings (SSSR count). The van der Waals surface area contributed by atoms with Crippen LogP contribution in [0.4, 0.5) is 0 Å². The van der Waals surface area contributed by atoms with Gasteiger partial charge in [-0.15, -0.1) is 0 Å². The van der Waals surface area contributed by atoms with Gasteiger partial charge < -0.3 is 4.74 Å². The molecular weight excluding hydrogens is 252 g/mol. The minimum atomic E-state index is -0.210. The zero-order valence-electron chi connectivity index (χ0n) is 12.2. The molecule has 1 amide bonds. The van der Waals surface area contributed by atoms with Gasteiger partial charge in [-0.1, -0.05) is 31.5 Å². The Labute approximate surface area is 120 Å². The van der Waals surface area contributed by atoms with Crippen molar-refractivity contribution in [3.05, 3.63) is 29.8 Å². The number of benzene rings is 1. The lowest BCUT2D eigenvalue weighted by atomic mass is 9.89. The summed E-state index contributed by atoms with van der Waals surface area (Å²) in [5.41, 5.74) is 4.72. The largest absolute Gasteiger partial charge is 0.483 e. The Bertz CT molecular complexity index is 497. The molecule has 1 unspecified atom stereocenters. The molecule has 1 atom stereocenters. The van der Waals surface area contributed by atoms with Crippen LogP contribution in [0.3, 0.4) is 0 Å². The summed E-state index contributed by atoms with van der Waals surface area (Å²) in [6, 6.07) is 7.65. The molecule has 4 nitrogen and oxygen atoms in total. The number of ether oxygens (including phenoxy) is 1. The number of hydrogen-bond donors (Lipinski definition) is 1. The zero-order chi connectivity index (χ0) is 14.4. The maximum absolute atomic E-state index is 11.7. The monoisotopic (exact) mass is 274 g/mol. The molecule has 0 bridgehead atoms. The van der Waals surface area contributed by atoms with E-state index in [2.05, 4.69) is 17.5 Å². The number of para-hydroxylation sites is 1. The van der Waals surface area contributed by atoms with Gasteiger partial charge in [0.1, 0.15) is 5.75 Å². The molecule has 0 radical (unpaired) electrons. The topological polar surface area (TPSA) is 50.7 Å². The number of rotatable bonds is 4. The Morgan fingerprint density at radius 2 is 2.20 bits per heavy atom. The molecule has 0 heterocycles. The summed E-state index contributed by atoms with van der Waals surface area (Å²) in [6.07, 6.45) is 4.57. The molecule has 1 fully saturated rings. The van der Waals surface area contributed by atoms with Gasteiger partial charge in [0.25, 0.3) is 5.91 Å². The SMILES string of the molecule is Cc1ccccc1OCC(=O)NN=C1CCCCC1C. The number of amides is 1. The lowest BCUT2D eigenvalue weighted by Crippen LogP contribution is -2.28. The maximum Gasteiger partial charge on any atom is 0.277 e. The molecule has 1 saturated carbocycles. The van der Waals surface area contributed by atoms with Crippen LogP contribution < -0.4 is 10.2 Å². The molecule has 20 heavy (non-hydrogen) atoms. The third kappa shape index (κ3) is 4.08. The third-order valence-corrected chi connectivity index (χ3v) is 3.67. The first-order chi connectivity index (χ1) is 9.66. The fourth-order valence-electron chi connectivity index (χ4n) is 2.36. The fraction of sp³-hybridized carbons (Fsp3) is 0.500. The first-order valence-corrected chi connectivity index (χ1v) is 7.20. The van der Waals surface area contributed by atoms with Gasteiger partial charge in [0, 0.05) is 5.71 Å². The summed E-state index contributed by atoms with van der Waals surface area (Å²) in [5, 5.41) is 4.24. The average molecular weight is 274 g/mol. The number of hydrogen-bond acceptors (Lipinski definition) is 3. The van der Waals surface area contributed by atoms with Gasteiger partial charge in [0.2, 0.25) is 0 Å². The molecule has 1 aromatic rings. The summed E-state index contributed by atoms with van der Waals surface area (Å²) in [7, 11) is 0. The van der Waals surface area contributed by atoms with Gasteiger partial charge >= 0.3 is 0 Å². The predicted octanol–water partition coefficient (Wildman–Crippen LogP) is 3.06. The van der Waals surface area contributed by atoms with Crippen molar-refractivity contribution in [3.63, 3.8) is 0 Å². The van der Waals surface area contributed by atoms with Crippen LogP contribution in [-0.2, 0) is 4.79 Å². The van der Waals surface area contributed by atoms with E-state index < -0.39 is 0 Å². The summed E-state index contributed by atoms with van der Waals surface area (Å²) < 4.78 is 5.48. The van der Waals surface area contributed by atoms with Crippen molar-refractivity contribution in [2.75, 3.05) is 6.61 Å². The Morgan fingerprint density at radius 1 is 1.40 bits per heavy atom. The summed E-state index contributed by atoms with van der Waals surface area (Å²) in [5.74, 6) is 1.00. The van der Waals surface area contributed by atoms with Crippen molar-refractivity contribution in [1.82, 2.24) is 5.43 Å². The normalized spacial score (nSPS) is 20.7. The lowest BCUT2D eigenvalue weighted by Gasteiger charge is -2.19. The summed E-state index contributed by atoms with van der Waals surface area (Å²) >= 11 is 0. The van der Waals surface area contributed by atoms with Crippen molar-refractivity contribution in [2.24, 2.45) is 11.0 Å². The van der Waals surface area contributed by atoms with Crippen LogP contribution in [0.5, 0.6) is 5.75 Å². The van der Waals surface area contributed by atoms with Gasteiger partial charge in [-0.3, -0.25) is 4.79 Å². The summed E-state index contributed by atoms with van der Waals surface area (Å²) in [6.45, 7) is 4.11. The number of nitrogens with zero attached hydrogens (tertiary/aromatic N) is 1. The molecule has 0 spiro atoms. The molecule has 0 aromatic heterocycles. The molecular formula is C16H22N2O2. The Morgan fingerprint density at radius 3 is 2.95 bits per heavy atom. The van der Waals surface area contributed by atoms with Gasteiger partial charge in [0.05, 0.1) is 0 Å². The van der Waals surface area contributed by atoms with E-state index in [1.54, 1.807) is 0 Å². The number of carbonyl (C=O) groups excluding carboxylic acids is 1. The fourth-order valence-corrected chi connectivity index (χ4v) is 2.36. The predicted molar refractivity (Wildman–Crippen MR) is 79.9 cm³/mol. The average Bonchev–Trinajstić information content (AvgIpc) is 2.45. The van der Waals surface area contributed by atoms with E-state index in [9.17, 15) is 4.79 Å². The molecule has 4 heteroatoms.